The third-order valence-electron chi connectivity index (χ3n) is 5.20. The first-order valence-corrected chi connectivity index (χ1v) is 10.5. The van der Waals surface area contributed by atoms with Crippen molar-refractivity contribution in [3.63, 3.8) is 0 Å². The lowest BCUT2D eigenvalue weighted by molar-refractivity contribution is -0.917. The third kappa shape index (κ3) is 4.71. The Morgan fingerprint density at radius 3 is 2.37 bits per heavy atom. The van der Waals surface area contributed by atoms with E-state index in [0.29, 0.717) is 5.75 Å². The van der Waals surface area contributed by atoms with E-state index in [9.17, 15) is 4.79 Å². The summed E-state index contributed by atoms with van der Waals surface area (Å²) in [4.78, 5) is 17.4. The Labute approximate surface area is 165 Å². The van der Waals surface area contributed by atoms with E-state index >= 15 is 0 Å². The SMILES string of the molecule is O=C(CSc1ccc2ccccc2c1)N1CC[NH+](Cc2ccccc2)CC1. The van der Waals surface area contributed by atoms with Gasteiger partial charge in [-0.05, 0) is 22.9 Å². The lowest BCUT2D eigenvalue weighted by Gasteiger charge is -2.32. The van der Waals surface area contributed by atoms with E-state index in [4.69, 9.17) is 0 Å². The second-order valence-electron chi connectivity index (χ2n) is 7.09. The molecule has 4 heteroatoms. The lowest BCUT2D eigenvalue weighted by atomic mass is 10.1. The maximum absolute atomic E-state index is 12.6. The molecule has 0 saturated carbocycles. The first-order chi connectivity index (χ1) is 13.3. The molecule has 138 valence electrons. The quantitative estimate of drug-likeness (QED) is 0.692. The van der Waals surface area contributed by atoms with Crippen LogP contribution in [0, 0.1) is 0 Å². The summed E-state index contributed by atoms with van der Waals surface area (Å²) in [5.41, 5.74) is 1.37. The first kappa shape index (κ1) is 18.1. The number of nitrogens with one attached hydrogen (secondary N) is 1. The van der Waals surface area contributed by atoms with Gasteiger partial charge in [-0.2, -0.15) is 0 Å². The van der Waals surface area contributed by atoms with Crippen LogP contribution in [0.3, 0.4) is 0 Å². The topological polar surface area (TPSA) is 24.8 Å². The highest BCUT2D eigenvalue weighted by atomic mass is 32.2. The Morgan fingerprint density at radius 2 is 1.59 bits per heavy atom. The Kier molecular flexibility index (Phi) is 5.75. The van der Waals surface area contributed by atoms with Crippen molar-refractivity contribution in [2.75, 3.05) is 31.9 Å². The van der Waals surface area contributed by atoms with Crippen LogP contribution in [0.25, 0.3) is 10.8 Å². The molecular weight excluding hydrogens is 352 g/mol. The molecule has 1 heterocycles. The van der Waals surface area contributed by atoms with Crippen molar-refractivity contribution in [2.24, 2.45) is 0 Å². The van der Waals surface area contributed by atoms with E-state index in [2.05, 4.69) is 72.8 Å². The lowest BCUT2D eigenvalue weighted by Crippen LogP contribution is -3.13. The zero-order valence-corrected chi connectivity index (χ0v) is 16.3. The van der Waals surface area contributed by atoms with Crippen LogP contribution >= 0.6 is 11.8 Å². The van der Waals surface area contributed by atoms with Gasteiger partial charge in [-0.25, -0.2) is 0 Å². The van der Waals surface area contributed by atoms with Gasteiger partial charge in [0.2, 0.25) is 5.91 Å². The highest BCUT2D eigenvalue weighted by molar-refractivity contribution is 8.00. The van der Waals surface area contributed by atoms with Gasteiger partial charge >= 0.3 is 0 Å². The molecular formula is C23H25N2OS+. The minimum absolute atomic E-state index is 0.256. The van der Waals surface area contributed by atoms with Gasteiger partial charge in [-0.15, -0.1) is 11.8 Å². The van der Waals surface area contributed by atoms with Gasteiger partial charge in [0, 0.05) is 10.5 Å². The molecule has 4 rings (SSSR count). The zero-order valence-electron chi connectivity index (χ0n) is 15.4. The fourth-order valence-electron chi connectivity index (χ4n) is 3.63. The average Bonchev–Trinajstić information content (AvgIpc) is 2.73. The highest BCUT2D eigenvalue weighted by Crippen LogP contribution is 2.23. The number of hydrogen-bond acceptors (Lipinski definition) is 2. The average molecular weight is 378 g/mol. The second kappa shape index (κ2) is 8.59. The first-order valence-electron chi connectivity index (χ1n) is 9.55. The molecule has 1 amide bonds. The number of quaternary nitrogens is 1. The van der Waals surface area contributed by atoms with Crippen LogP contribution in [0.15, 0.2) is 77.7 Å². The minimum Gasteiger partial charge on any atom is -0.331 e. The van der Waals surface area contributed by atoms with Gasteiger partial charge in [-0.3, -0.25) is 4.79 Å². The van der Waals surface area contributed by atoms with E-state index in [0.717, 1.165) is 37.6 Å². The van der Waals surface area contributed by atoms with E-state index in [1.165, 1.54) is 16.3 Å². The number of carbonyl (C=O) groups is 1. The van der Waals surface area contributed by atoms with Crippen LogP contribution in [-0.2, 0) is 11.3 Å². The largest absolute Gasteiger partial charge is 0.331 e. The Balaban J connectivity index is 1.26. The van der Waals surface area contributed by atoms with Crippen molar-refractivity contribution in [3.8, 4) is 0 Å². The number of hydrogen-bond donors (Lipinski definition) is 1. The Morgan fingerprint density at radius 1 is 0.889 bits per heavy atom. The molecule has 0 bridgehead atoms. The van der Waals surface area contributed by atoms with Crippen molar-refractivity contribution in [3.05, 3.63) is 78.4 Å². The van der Waals surface area contributed by atoms with E-state index < -0.39 is 0 Å². The molecule has 0 spiro atoms. The molecule has 0 aliphatic carbocycles. The normalized spacial score (nSPS) is 15.2. The summed E-state index contributed by atoms with van der Waals surface area (Å²) < 4.78 is 0. The predicted molar refractivity (Wildman–Crippen MR) is 112 cm³/mol. The second-order valence-corrected chi connectivity index (χ2v) is 8.14. The molecule has 0 unspecified atom stereocenters. The van der Waals surface area contributed by atoms with Crippen LogP contribution in [0.1, 0.15) is 5.56 Å². The number of piperazine rings is 1. The molecule has 1 fully saturated rings. The molecule has 1 saturated heterocycles. The van der Waals surface area contributed by atoms with Crippen LogP contribution in [-0.4, -0.2) is 42.7 Å². The predicted octanol–water partition coefficient (Wildman–Crippen LogP) is 2.86. The number of amides is 1. The molecule has 27 heavy (non-hydrogen) atoms. The van der Waals surface area contributed by atoms with Crippen molar-refractivity contribution < 1.29 is 9.69 Å². The van der Waals surface area contributed by atoms with Gasteiger partial charge in [-0.1, -0.05) is 60.7 Å². The van der Waals surface area contributed by atoms with Gasteiger partial charge < -0.3 is 9.80 Å². The Hall–Kier alpha value is -2.30. The maximum Gasteiger partial charge on any atom is 0.233 e. The summed E-state index contributed by atoms with van der Waals surface area (Å²) in [7, 11) is 0. The summed E-state index contributed by atoms with van der Waals surface area (Å²) in [6, 6.07) is 25.4. The molecule has 1 aliphatic heterocycles. The van der Waals surface area contributed by atoms with E-state index in [1.54, 1.807) is 16.7 Å². The zero-order chi connectivity index (χ0) is 18.5. The molecule has 1 N–H and O–H groups in total. The van der Waals surface area contributed by atoms with Crippen LogP contribution in [0.2, 0.25) is 0 Å². The highest BCUT2D eigenvalue weighted by Gasteiger charge is 2.23. The summed E-state index contributed by atoms with van der Waals surface area (Å²) in [5.74, 6) is 0.777. The van der Waals surface area contributed by atoms with Gasteiger partial charge in [0.05, 0.1) is 31.9 Å². The van der Waals surface area contributed by atoms with E-state index in [1.807, 2.05) is 4.90 Å². The molecule has 0 radical (unpaired) electrons. The van der Waals surface area contributed by atoms with Crippen molar-refractivity contribution in [2.45, 2.75) is 11.4 Å². The third-order valence-corrected chi connectivity index (χ3v) is 6.18. The number of carbonyl (C=O) groups excluding carboxylic acids is 1. The van der Waals surface area contributed by atoms with Gasteiger partial charge in [0.25, 0.3) is 0 Å². The minimum atomic E-state index is 0.256. The number of nitrogens with zero attached hydrogens (tertiary/aromatic N) is 1. The summed E-state index contributed by atoms with van der Waals surface area (Å²) in [6.45, 7) is 4.83. The maximum atomic E-state index is 12.6. The number of thioether (sulfide) groups is 1. The smallest absolute Gasteiger partial charge is 0.233 e. The molecule has 3 aromatic carbocycles. The Bertz CT molecular complexity index is 904. The fraction of sp³-hybridized carbons (Fsp3) is 0.261. The fourth-order valence-corrected chi connectivity index (χ4v) is 4.47. The summed E-state index contributed by atoms with van der Waals surface area (Å²) in [5, 5.41) is 2.47. The van der Waals surface area contributed by atoms with Crippen LogP contribution < -0.4 is 4.90 Å². The monoisotopic (exact) mass is 377 g/mol. The molecule has 0 aromatic heterocycles. The number of fused-ring (bicyclic) bond motifs is 1. The molecule has 3 nitrogen and oxygen atoms in total. The van der Waals surface area contributed by atoms with Crippen molar-refractivity contribution in [1.82, 2.24) is 4.90 Å². The molecule has 1 aliphatic rings. The number of rotatable bonds is 5. The van der Waals surface area contributed by atoms with Crippen LogP contribution in [0.5, 0.6) is 0 Å². The van der Waals surface area contributed by atoms with Gasteiger partial charge in [0.1, 0.15) is 6.54 Å². The van der Waals surface area contributed by atoms with Crippen molar-refractivity contribution >= 4 is 28.4 Å². The molecule has 3 aromatic rings. The standard InChI is InChI=1S/C23H24N2OS/c26-23(18-27-22-11-10-20-8-4-5-9-21(20)16-22)25-14-12-24(13-15-25)17-19-6-2-1-3-7-19/h1-11,16H,12-15,17-18H2/p+1. The van der Waals surface area contributed by atoms with Crippen LogP contribution in [0.4, 0.5) is 0 Å². The molecule has 0 atom stereocenters. The van der Waals surface area contributed by atoms with Gasteiger partial charge in [0.15, 0.2) is 0 Å². The van der Waals surface area contributed by atoms with E-state index in [-0.39, 0.29) is 5.91 Å². The number of benzene rings is 3. The summed E-state index contributed by atoms with van der Waals surface area (Å²) >= 11 is 1.64. The van der Waals surface area contributed by atoms with Crippen molar-refractivity contribution in [1.29, 1.82) is 0 Å². The summed E-state index contributed by atoms with van der Waals surface area (Å²) in [6.07, 6.45) is 0.